The van der Waals surface area contributed by atoms with E-state index in [0.29, 0.717) is 18.2 Å². The quantitative estimate of drug-likeness (QED) is 0.748. The van der Waals surface area contributed by atoms with Gasteiger partial charge >= 0.3 is 0 Å². The summed E-state index contributed by atoms with van der Waals surface area (Å²) in [4.78, 5) is 27.1. The molecule has 0 aliphatic rings. The molecular weight excluding hydrogens is 270 g/mol. The summed E-state index contributed by atoms with van der Waals surface area (Å²) in [6.07, 6.45) is 1.38. The molecule has 0 bridgehead atoms. The molecule has 7 heteroatoms. The van der Waals surface area contributed by atoms with Crippen molar-refractivity contribution in [1.82, 2.24) is 15.6 Å². The Morgan fingerprint density at radius 1 is 1.42 bits per heavy atom. The molecule has 104 valence electrons. The zero-order valence-electron chi connectivity index (χ0n) is 10.8. The van der Waals surface area contributed by atoms with Crippen molar-refractivity contribution in [2.75, 3.05) is 26.8 Å². The number of carbonyl (C=O) groups is 2. The van der Waals surface area contributed by atoms with Gasteiger partial charge in [-0.2, -0.15) is 0 Å². The van der Waals surface area contributed by atoms with Gasteiger partial charge in [-0.1, -0.05) is 11.6 Å². The van der Waals surface area contributed by atoms with Crippen molar-refractivity contribution < 1.29 is 14.3 Å². The van der Waals surface area contributed by atoms with Crippen molar-refractivity contribution in [1.29, 1.82) is 0 Å². The molecule has 0 unspecified atom stereocenters. The highest BCUT2D eigenvalue weighted by Crippen LogP contribution is 2.15. The largest absolute Gasteiger partial charge is 0.383 e. The number of methoxy groups -OCH3 is 1. The molecular formula is C12H16ClN3O3. The molecule has 19 heavy (non-hydrogen) atoms. The minimum Gasteiger partial charge on any atom is -0.383 e. The molecule has 0 aliphatic heterocycles. The van der Waals surface area contributed by atoms with E-state index in [4.69, 9.17) is 16.3 Å². The second-order valence-corrected chi connectivity index (χ2v) is 4.24. The summed E-state index contributed by atoms with van der Waals surface area (Å²) in [6.45, 7) is 2.48. The standard InChI is InChI=1S/C12H16ClN3O3/c1-8-5-10(13)9(6-15-8)12(18)16-7-11(17)14-3-4-19-2/h5-6H,3-4,7H2,1-2H3,(H,14,17)(H,16,18). The Balaban J connectivity index is 2.45. The third kappa shape index (κ3) is 5.23. The van der Waals surface area contributed by atoms with Gasteiger partial charge in [0.1, 0.15) is 0 Å². The number of pyridine rings is 1. The fourth-order valence-corrected chi connectivity index (χ4v) is 1.60. The molecule has 1 aromatic rings. The first kappa shape index (κ1) is 15.4. The van der Waals surface area contributed by atoms with E-state index in [-0.39, 0.29) is 18.0 Å². The van der Waals surface area contributed by atoms with E-state index in [9.17, 15) is 9.59 Å². The predicted molar refractivity (Wildman–Crippen MR) is 71.2 cm³/mol. The van der Waals surface area contributed by atoms with Crippen LogP contribution in [0.15, 0.2) is 12.3 Å². The molecule has 0 atom stereocenters. The normalized spacial score (nSPS) is 10.1. The number of nitrogens with one attached hydrogen (secondary N) is 2. The van der Waals surface area contributed by atoms with E-state index in [2.05, 4.69) is 15.6 Å². The van der Waals surface area contributed by atoms with Crippen molar-refractivity contribution in [3.05, 3.63) is 28.5 Å². The van der Waals surface area contributed by atoms with E-state index in [1.165, 1.54) is 6.20 Å². The molecule has 0 spiro atoms. The highest BCUT2D eigenvalue weighted by atomic mass is 35.5. The zero-order chi connectivity index (χ0) is 14.3. The van der Waals surface area contributed by atoms with E-state index in [1.807, 2.05) is 0 Å². The zero-order valence-corrected chi connectivity index (χ0v) is 11.6. The van der Waals surface area contributed by atoms with Gasteiger partial charge < -0.3 is 15.4 Å². The van der Waals surface area contributed by atoms with Crippen LogP contribution in [0.3, 0.4) is 0 Å². The summed E-state index contributed by atoms with van der Waals surface area (Å²) in [6, 6.07) is 1.59. The summed E-state index contributed by atoms with van der Waals surface area (Å²) in [7, 11) is 1.54. The molecule has 0 aromatic carbocycles. The van der Waals surface area contributed by atoms with Crippen molar-refractivity contribution in [2.45, 2.75) is 6.92 Å². The van der Waals surface area contributed by atoms with Gasteiger partial charge in [0.05, 0.1) is 23.7 Å². The third-order valence-electron chi connectivity index (χ3n) is 2.27. The Kier molecular flexibility index (Phi) is 6.24. The maximum Gasteiger partial charge on any atom is 0.254 e. The Morgan fingerprint density at radius 2 is 2.16 bits per heavy atom. The number of aryl methyl sites for hydroxylation is 1. The fraction of sp³-hybridized carbons (Fsp3) is 0.417. The van der Waals surface area contributed by atoms with Crippen LogP contribution in [0.25, 0.3) is 0 Å². The SMILES string of the molecule is COCCNC(=O)CNC(=O)c1cnc(C)cc1Cl. The summed E-state index contributed by atoms with van der Waals surface area (Å²) in [5.41, 5.74) is 0.968. The average Bonchev–Trinajstić information content (AvgIpc) is 2.36. The van der Waals surface area contributed by atoms with Crippen LogP contribution >= 0.6 is 11.6 Å². The van der Waals surface area contributed by atoms with Gasteiger partial charge in [0.25, 0.3) is 5.91 Å². The summed E-state index contributed by atoms with van der Waals surface area (Å²) in [5, 5.41) is 5.37. The number of amides is 2. The molecule has 1 heterocycles. The molecule has 2 N–H and O–H groups in total. The van der Waals surface area contributed by atoms with Crippen LogP contribution in [0.2, 0.25) is 5.02 Å². The highest BCUT2D eigenvalue weighted by molar-refractivity contribution is 6.33. The maximum absolute atomic E-state index is 11.8. The van der Waals surface area contributed by atoms with Crippen molar-refractivity contribution in [2.24, 2.45) is 0 Å². The van der Waals surface area contributed by atoms with E-state index in [0.717, 1.165) is 5.69 Å². The lowest BCUT2D eigenvalue weighted by molar-refractivity contribution is -0.120. The van der Waals surface area contributed by atoms with E-state index in [1.54, 1.807) is 20.1 Å². The number of hydrogen-bond donors (Lipinski definition) is 2. The van der Waals surface area contributed by atoms with Crippen molar-refractivity contribution >= 4 is 23.4 Å². The van der Waals surface area contributed by atoms with Crippen LogP contribution in [0.4, 0.5) is 0 Å². The fourth-order valence-electron chi connectivity index (χ4n) is 1.30. The van der Waals surface area contributed by atoms with Crippen LogP contribution in [0.1, 0.15) is 16.1 Å². The van der Waals surface area contributed by atoms with Gasteiger partial charge in [-0.05, 0) is 13.0 Å². The van der Waals surface area contributed by atoms with Crippen LogP contribution in [0.5, 0.6) is 0 Å². The molecule has 0 aliphatic carbocycles. The number of nitrogens with zero attached hydrogens (tertiary/aromatic N) is 1. The maximum atomic E-state index is 11.8. The summed E-state index contributed by atoms with van der Waals surface area (Å²) in [5.74, 6) is -0.721. The van der Waals surface area contributed by atoms with Gasteiger partial charge in [0, 0.05) is 25.5 Å². The second-order valence-electron chi connectivity index (χ2n) is 3.83. The lowest BCUT2D eigenvalue weighted by Gasteiger charge is -2.07. The molecule has 1 aromatic heterocycles. The first-order valence-electron chi connectivity index (χ1n) is 5.70. The summed E-state index contributed by atoms with van der Waals surface area (Å²) < 4.78 is 4.79. The summed E-state index contributed by atoms with van der Waals surface area (Å²) >= 11 is 5.92. The smallest absolute Gasteiger partial charge is 0.254 e. The van der Waals surface area contributed by atoms with Crippen LogP contribution in [0, 0.1) is 6.92 Å². The Labute approximate surface area is 116 Å². The molecule has 6 nitrogen and oxygen atoms in total. The predicted octanol–water partition coefficient (Wildman–Crippen LogP) is 0.536. The molecule has 2 amide bonds. The molecule has 0 saturated heterocycles. The van der Waals surface area contributed by atoms with Gasteiger partial charge in [-0.3, -0.25) is 14.6 Å². The number of ether oxygens (including phenoxy) is 1. The van der Waals surface area contributed by atoms with Crippen molar-refractivity contribution in [3.8, 4) is 0 Å². The molecule has 0 fully saturated rings. The number of rotatable bonds is 6. The second kappa shape index (κ2) is 7.70. The van der Waals surface area contributed by atoms with Gasteiger partial charge in [0.15, 0.2) is 0 Å². The first-order valence-corrected chi connectivity index (χ1v) is 6.08. The lowest BCUT2D eigenvalue weighted by atomic mass is 10.2. The van der Waals surface area contributed by atoms with Crippen molar-refractivity contribution in [3.63, 3.8) is 0 Å². The first-order chi connectivity index (χ1) is 9.04. The number of halogens is 1. The van der Waals surface area contributed by atoms with Crippen LogP contribution in [-0.4, -0.2) is 43.6 Å². The van der Waals surface area contributed by atoms with Gasteiger partial charge in [-0.25, -0.2) is 0 Å². The monoisotopic (exact) mass is 285 g/mol. The minimum absolute atomic E-state index is 0.118. The molecule has 0 saturated carbocycles. The molecule has 0 radical (unpaired) electrons. The topological polar surface area (TPSA) is 80.3 Å². The van der Waals surface area contributed by atoms with Gasteiger partial charge in [-0.15, -0.1) is 0 Å². The Morgan fingerprint density at radius 3 is 2.79 bits per heavy atom. The lowest BCUT2D eigenvalue weighted by Crippen LogP contribution is -2.38. The third-order valence-corrected chi connectivity index (χ3v) is 2.59. The van der Waals surface area contributed by atoms with Crippen LogP contribution in [-0.2, 0) is 9.53 Å². The Hall–Kier alpha value is -1.66. The average molecular weight is 286 g/mol. The minimum atomic E-state index is -0.431. The number of carbonyl (C=O) groups excluding carboxylic acids is 2. The van der Waals surface area contributed by atoms with Crippen LogP contribution < -0.4 is 10.6 Å². The number of aromatic nitrogens is 1. The van der Waals surface area contributed by atoms with E-state index < -0.39 is 5.91 Å². The highest BCUT2D eigenvalue weighted by Gasteiger charge is 2.12. The Bertz CT molecular complexity index is 466. The molecule has 1 rings (SSSR count). The number of hydrogen-bond acceptors (Lipinski definition) is 4. The van der Waals surface area contributed by atoms with E-state index >= 15 is 0 Å². The van der Waals surface area contributed by atoms with Gasteiger partial charge in [0.2, 0.25) is 5.91 Å².